The summed E-state index contributed by atoms with van der Waals surface area (Å²) in [6.07, 6.45) is 0.661. The van der Waals surface area contributed by atoms with Crippen LogP contribution >= 0.6 is 0 Å². The predicted molar refractivity (Wildman–Crippen MR) is 53.1 cm³/mol. The molecule has 1 aliphatic heterocycles. The highest BCUT2D eigenvalue weighted by molar-refractivity contribution is 5.69. The number of rotatable bonds is 5. The third-order valence-electron chi connectivity index (χ3n) is 2.21. The number of carbonyl (C=O) groups excluding carboxylic acids is 1. The van der Waals surface area contributed by atoms with Crippen molar-refractivity contribution in [1.29, 1.82) is 5.26 Å². The van der Waals surface area contributed by atoms with E-state index in [-0.39, 0.29) is 19.0 Å². The van der Waals surface area contributed by atoms with E-state index in [2.05, 4.69) is 4.90 Å². The SMILES string of the molecule is N#CCCOC(=O)CCN1CCOCC1. The Bertz CT molecular complexity index is 231. The van der Waals surface area contributed by atoms with Crippen molar-refractivity contribution in [1.82, 2.24) is 4.90 Å². The van der Waals surface area contributed by atoms with Crippen molar-refractivity contribution < 1.29 is 14.3 Å². The second kappa shape index (κ2) is 7.21. The number of hydrogen-bond acceptors (Lipinski definition) is 5. The van der Waals surface area contributed by atoms with Crippen molar-refractivity contribution in [2.24, 2.45) is 0 Å². The fourth-order valence-electron chi connectivity index (χ4n) is 1.36. The third kappa shape index (κ3) is 5.35. The van der Waals surface area contributed by atoms with Crippen molar-refractivity contribution in [2.45, 2.75) is 12.8 Å². The van der Waals surface area contributed by atoms with Crippen LogP contribution in [0, 0.1) is 11.3 Å². The number of esters is 1. The molecule has 1 heterocycles. The monoisotopic (exact) mass is 212 g/mol. The molecule has 15 heavy (non-hydrogen) atoms. The van der Waals surface area contributed by atoms with Crippen LogP contribution in [0.5, 0.6) is 0 Å². The van der Waals surface area contributed by atoms with Crippen LogP contribution in [0.1, 0.15) is 12.8 Å². The standard InChI is InChI=1S/C10H16N2O3/c11-3-1-7-15-10(13)2-4-12-5-8-14-9-6-12/h1-2,4-9H2. The van der Waals surface area contributed by atoms with E-state index < -0.39 is 0 Å². The molecule has 0 saturated carbocycles. The van der Waals surface area contributed by atoms with E-state index in [1.807, 2.05) is 6.07 Å². The van der Waals surface area contributed by atoms with Crippen molar-refractivity contribution >= 4 is 5.97 Å². The Hall–Kier alpha value is -1.12. The van der Waals surface area contributed by atoms with Crippen molar-refractivity contribution in [3.8, 4) is 6.07 Å². The van der Waals surface area contributed by atoms with Gasteiger partial charge >= 0.3 is 5.97 Å². The van der Waals surface area contributed by atoms with Crippen LogP contribution in [0.25, 0.3) is 0 Å². The molecule has 1 fully saturated rings. The zero-order valence-electron chi connectivity index (χ0n) is 8.78. The van der Waals surface area contributed by atoms with Crippen LogP contribution in [0.15, 0.2) is 0 Å². The largest absolute Gasteiger partial charge is 0.465 e. The molecule has 0 bridgehead atoms. The molecule has 0 radical (unpaired) electrons. The first-order valence-electron chi connectivity index (χ1n) is 5.15. The normalized spacial score (nSPS) is 17.0. The first kappa shape index (κ1) is 12.0. The maximum Gasteiger partial charge on any atom is 0.307 e. The van der Waals surface area contributed by atoms with Gasteiger partial charge in [-0.3, -0.25) is 9.69 Å². The summed E-state index contributed by atoms with van der Waals surface area (Å²) in [5, 5.41) is 8.25. The summed E-state index contributed by atoms with van der Waals surface area (Å²) in [7, 11) is 0. The van der Waals surface area contributed by atoms with E-state index in [0.717, 1.165) is 32.8 Å². The smallest absolute Gasteiger partial charge is 0.307 e. The van der Waals surface area contributed by atoms with Gasteiger partial charge in [0, 0.05) is 19.6 Å². The Kier molecular flexibility index (Phi) is 5.74. The first-order chi connectivity index (χ1) is 7.33. The highest BCUT2D eigenvalue weighted by Gasteiger charge is 2.12. The second-order valence-electron chi connectivity index (χ2n) is 3.33. The lowest BCUT2D eigenvalue weighted by Gasteiger charge is -2.25. The molecule has 1 saturated heterocycles. The zero-order valence-corrected chi connectivity index (χ0v) is 8.78. The van der Waals surface area contributed by atoms with Gasteiger partial charge in [-0.15, -0.1) is 0 Å². The lowest BCUT2D eigenvalue weighted by molar-refractivity contribution is -0.144. The lowest BCUT2D eigenvalue weighted by atomic mass is 10.3. The third-order valence-corrected chi connectivity index (χ3v) is 2.21. The van der Waals surface area contributed by atoms with E-state index in [4.69, 9.17) is 14.7 Å². The van der Waals surface area contributed by atoms with Gasteiger partial charge in [-0.2, -0.15) is 5.26 Å². The fourth-order valence-corrected chi connectivity index (χ4v) is 1.36. The van der Waals surface area contributed by atoms with E-state index in [1.54, 1.807) is 0 Å². The minimum absolute atomic E-state index is 0.207. The van der Waals surface area contributed by atoms with E-state index >= 15 is 0 Å². The Morgan fingerprint density at radius 3 is 2.87 bits per heavy atom. The van der Waals surface area contributed by atoms with Gasteiger partial charge in [0.2, 0.25) is 0 Å². The van der Waals surface area contributed by atoms with Gasteiger partial charge in [0.1, 0.15) is 6.61 Å². The van der Waals surface area contributed by atoms with E-state index in [1.165, 1.54) is 0 Å². The average molecular weight is 212 g/mol. The molecule has 0 aromatic heterocycles. The van der Waals surface area contributed by atoms with Gasteiger partial charge in [-0.05, 0) is 0 Å². The summed E-state index contributed by atoms with van der Waals surface area (Å²) in [5.74, 6) is -0.225. The molecule has 0 aromatic carbocycles. The van der Waals surface area contributed by atoms with Gasteiger partial charge in [-0.25, -0.2) is 0 Å². The molecule has 84 valence electrons. The Morgan fingerprint density at radius 2 is 2.20 bits per heavy atom. The van der Waals surface area contributed by atoms with Gasteiger partial charge < -0.3 is 9.47 Å². The molecule has 0 unspecified atom stereocenters. The minimum Gasteiger partial charge on any atom is -0.465 e. The predicted octanol–water partition coefficient (Wildman–Crippen LogP) is 0.166. The van der Waals surface area contributed by atoms with Crippen LogP contribution in [-0.2, 0) is 14.3 Å². The number of hydrogen-bond donors (Lipinski definition) is 0. The number of carbonyl (C=O) groups is 1. The van der Waals surface area contributed by atoms with Crippen LogP contribution in [0.2, 0.25) is 0 Å². The molecule has 5 nitrogen and oxygen atoms in total. The summed E-state index contributed by atoms with van der Waals surface area (Å²) in [5.41, 5.74) is 0. The highest BCUT2D eigenvalue weighted by atomic mass is 16.5. The van der Waals surface area contributed by atoms with Gasteiger partial charge in [-0.1, -0.05) is 0 Å². The average Bonchev–Trinajstić information content (AvgIpc) is 2.28. The first-order valence-corrected chi connectivity index (χ1v) is 5.15. The summed E-state index contributed by atoms with van der Waals surface area (Å²) in [6.45, 7) is 4.16. The van der Waals surface area contributed by atoms with Gasteiger partial charge in [0.25, 0.3) is 0 Å². The second-order valence-corrected chi connectivity index (χ2v) is 3.33. The summed E-state index contributed by atoms with van der Waals surface area (Å²) >= 11 is 0. The van der Waals surface area contributed by atoms with Crippen LogP contribution in [0.4, 0.5) is 0 Å². The lowest BCUT2D eigenvalue weighted by Crippen LogP contribution is -2.37. The molecular weight excluding hydrogens is 196 g/mol. The molecule has 0 spiro atoms. The Morgan fingerprint density at radius 1 is 1.47 bits per heavy atom. The zero-order chi connectivity index (χ0) is 10.9. The molecular formula is C10H16N2O3. The van der Waals surface area contributed by atoms with Crippen molar-refractivity contribution in [3.63, 3.8) is 0 Å². The fraction of sp³-hybridized carbons (Fsp3) is 0.800. The van der Waals surface area contributed by atoms with Crippen LogP contribution in [-0.4, -0.2) is 50.3 Å². The number of morpholine rings is 1. The summed E-state index contributed by atoms with van der Waals surface area (Å²) in [4.78, 5) is 13.3. The van der Waals surface area contributed by atoms with Crippen LogP contribution < -0.4 is 0 Å². The molecule has 0 aromatic rings. The summed E-state index contributed by atoms with van der Waals surface area (Å²) < 4.78 is 10.0. The molecule has 0 N–H and O–H groups in total. The van der Waals surface area contributed by atoms with Crippen molar-refractivity contribution in [2.75, 3.05) is 39.5 Å². The van der Waals surface area contributed by atoms with E-state index in [0.29, 0.717) is 6.42 Å². The van der Waals surface area contributed by atoms with Crippen molar-refractivity contribution in [3.05, 3.63) is 0 Å². The Balaban J connectivity index is 2.03. The maximum absolute atomic E-state index is 11.2. The number of nitriles is 1. The molecule has 0 aliphatic carbocycles. The molecule has 1 aliphatic rings. The Labute approximate surface area is 89.6 Å². The highest BCUT2D eigenvalue weighted by Crippen LogP contribution is 1.99. The molecule has 0 atom stereocenters. The summed E-state index contributed by atoms with van der Waals surface area (Å²) in [6, 6.07) is 1.92. The van der Waals surface area contributed by atoms with E-state index in [9.17, 15) is 4.79 Å². The van der Waals surface area contributed by atoms with Gasteiger partial charge in [0.15, 0.2) is 0 Å². The van der Waals surface area contributed by atoms with Gasteiger partial charge in [0.05, 0.1) is 32.1 Å². The quantitative estimate of drug-likeness (QED) is 0.480. The molecule has 1 rings (SSSR count). The number of ether oxygens (including phenoxy) is 2. The topological polar surface area (TPSA) is 62.6 Å². The maximum atomic E-state index is 11.2. The minimum atomic E-state index is -0.225. The molecule has 0 amide bonds. The number of nitrogens with zero attached hydrogens (tertiary/aromatic N) is 2. The molecule has 5 heteroatoms. The van der Waals surface area contributed by atoms with Crippen LogP contribution in [0.3, 0.4) is 0 Å².